The highest BCUT2D eigenvalue weighted by Gasteiger charge is 2.28. The Kier molecular flexibility index (Phi) is 5.54. The summed E-state index contributed by atoms with van der Waals surface area (Å²) in [5, 5.41) is 10.3. The number of hydrogen-bond acceptors (Lipinski definition) is 4. The molecule has 7 nitrogen and oxygen atoms in total. The van der Waals surface area contributed by atoms with Crippen molar-refractivity contribution in [2.45, 2.75) is 32.7 Å². The standard InChI is InChI=1S/C26H27N5O2/c1-17(2)31-24-20(15-28-31)14-21(16-27-24)29-25(32)19-10-12-30(13-11-19)26(33)23-9-5-7-18-6-3-4-8-22(18)23/h3-9,14-17,19H,10-13H2,1-2H3,(H,29,32). The molecule has 4 aromatic rings. The summed E-state index contributed by atoms with van der Waals surface area (Å²) in [5.74, 6) is -0.122. The summed E-state index contributed by atoms with van der Waals surface area (Å²) in [7, 11) is 0. The molecular formula is C26H27N5O2. The predicted molar refractivity (Wildman–Crippen MR) is 129 cm³/mol. The zero-order chi connectivity index (χ0) is 22.9. The lowest BCUT2D eigenvalue weighted by atomic mass is 9.94. The molecule has 1 aliphatic heterocycles. The van der Waals surface area contributed by atoms with E-state index in [1.54, 1.807) is 12.4 Å². The maximum Gasteiger partial charge on any atom is 0.254 e. The van der Waals surface area contributed by atoms with E-state index in [4.69, 9.17) is 0 Å². The number of pyridine rings is 1. The largest absolute Gasteiger partial charge is 0.339 e. The van der Waals surface area contributed by atoms with Gasteiger partial charge in [0.15, 0.2) is 5.65 Å². The number of rotatable bonds is 4. The summed E-state index contributed by atoms with van der Waals surface area (Å²) >= 11 is 0. The summed E-state index contributed by atoms with van der Waals surface area (Å²) in [6.45, 7) is 5.25. The Labute approximate surface area is 192 Å². The van der Waals surface area contributed by atoms with E-state index in [9.17, 15) is 9.59 Å². The van der Waals surface area contributed by atoms with Gasteiger partial charge in [0.1, 0.15) is 0 Å². The Morgan fingerprint density at radius 3 is 2.55 bits per heavy atom. The first-order valence-corrected chi connectivity index (χ1v) is 11.4. The molecule has 33 heavy (non-hydrogen) atoms. The number of piperidine rings is 1. The average Bonchev–Trinajstić information content (AvgIpc) is 3.27. The molecule has 1 N–H and O–H groups in total. The van der Waals surface area contributed by atoms with E-state index in [0.717, 1.165) is 27.4 Å². The van der Waals surface area contributed by atoms with E-state index in [1.165, 1.54) is 0 Å². The number of hydrogen-bond donors (Lipinski definition) is 1. The zero-order valence-corrected chi connectivity index (χ0v) is 18.9. The summed E-state index contributed by atoms with van der Waals surface area (Å²) in [5.41, 5.74) is 2.20. The first-order valence-electron chi connectivity index (χ1n) is 11.4. The molecule has 0 radical (unpaired) electrons. The first kappa shape index (κ1) is 21.1. The van der Waals surface area contributed by atoms with Crippen LogP contribution in [0.2, 0.25) is 0 Å². The minimum absolute atomic E-state index is 0.0235. The molecule has 5 rings (SSSR count). The molecule has 2 amide bonds. The van der Waals surface area contributed by atoms with Crippen LogP contribution in [0.5, 0.6) is 0 Å². The normalized spacial score (nSPS) is 14.8. The smallest absolute Gasteiger partial charge is 0.254 e. The Morgan fingerprint density at radius 1 is 1.00 bits per heavy atom. The molecule has 0 atom stereocenters. The van der Waals surface area contributed by atoms with E-state index >= 15 is 0 Å². The molecular weight excluding hydrogens is 414 g/mol. The van der Waals surface area contributed by atoms with Crippen molar-refractivity contribution < 1.29 is 9.59 Å². The highest BCUT2D eigenvalue weighted by molar-refractivity contribution is 6.07. The van der Waals surface area contributed by atoms with E-state index in [1.807, 2.05) is 58.1 Å². The van der Waals surface area contributed by atoms with E-state index in [2.05, 4.69) is 29.2 Å². The third-order valence-electron chi connectivity index (χ3n) is 6.36. The molecule has 7 heteroatoms. The van der Waals surface area contributed by atoms with Crippen LogP contribution in [0.3, 0.4) is 0 Å². The summed E-state index contributed by atoms with van der Waals surface area (Å²) < 4.78 is 1.86. The molecule has 0 bridgehead atoms. The molecule has 0 aliphatic carbocycles. The van der Waals surface area contributed by atoms with Gasteiger partial charge in [-0.1, -0.05) is 36.4 Å². The SMILES string of the molecule is CC(C)n1ncc2cc(NC(=O)C3CCN(C(=O)c4cccc5ccccc45)CC3)cnc21. The van der Waals surface area contributed by atoms with Gasteiger partial charge in [-0.3, -0.25) is 9.59 Å². The second-order valence-electron chi connectivity index (χ2n) is 8.90. The minimum Gasteiger partial charge on any atom is -0.339 e. The number of carbonyl (C=O) groups excluding carboxylic acids is 2. The molecule has 168 valence electrons. The van der Waals surface area contributed by atoms with E-state index in [-0.39, 0.29) is 23.8 Å². The molecule has 0 saturated carbocycles. The molecule has 1 aliphatic rings. The summed E-state index contributed by atoms with van der Waals surface area (Å²) in [6, 6.07) is 15.9. The van der Waals surface area contributed by atoms with Crippen molar-refractivity contribution in [2.24, 2.45) is 5.92 Å². The third-order valence-corrected chi connectivity index (χ3v) is 6.36. The van der Waals surface area contributed by atoms with Gasteiger partial charge < -0.3 is 10.2 Å². The third kappa shape index (κ3) is 4.06. The van der Waals surface area contributed by atoms with Crippen molar-refractivity contribution in [3.63, 3.8) is 0 Å². The minimum atomic E-state index is -0.129. The Bertz CT molecular complexity index is 1330. The lowest BCUT2D eigenvalue weighted by molar-refractivity contribution is -0.121. The maximum absolute atomic E-state index is 13.2. The fourth-order valence-corrected chi connectivity index (χ4v) is 4.56. The van der Waals surface area contributed by atoms with Crippen LogP contribution in [-0.4, -0.2) is 44.6 Å². The maximum atomic E-state index is 13.2. The number of fused-ring (bicyclic) bond motifs is 2. The molecule has 2 aromatic carbocycles. The van der Waals surface area contributed by atoms with Crippen LogP contribution in [0.25, 0.3) is 21.8 Å². The summed E-state index contributed by atoms with van der Waals surface area (Å²) in [6.07, 6.45) is 4.74. The number of anilines is 1. The number of likely N-dealkylation sites (tertiary alicyclic amines) is 1. The number of amides is 2. The van der Waals surface area contributed by atoms with Crippen molar-refractivity contribution >= 4 is 39.3 Å². The number of aromatic nitrogens is 3. The van der Waals surface area contributed by atoms with Crippen LogP contribution in [-0.2, 0) is 4.79 Å². The number of nitrogens with one attached hydrogen (secondary N) is 1. The molecule has 1 saturated heterocycles. The first-order chi connectivity index (χ1) is 16.0. The van der Waals surface area contributed by atoms with Gasteiger partial charge in [-0.05, 0) is 49.6 Å². The Morgan fingerprint density at radius 2 is 1.76 bits per heavy atom. The number of benzene rings is 2. The van der Waals surface area contributed by atoms with Crippen LogP contribution in [0.1, 0.15) is 43.1 Å². The second kappa shape index (κ2) is 8.65. The van der Waals surface area contributed by atoms with E-state index < -0.39 is 0 Å². The Balaban J connectivity index is 1.23. The van der Waals surface area contributed by atoms with Gasteiger partial charge in [-0.2, -0.15) is 5.10 Å². The van der Waals surface area contributed by atoms with Gasteiger partial charge >= 0.3 is 0 Å². The topological polar surface area (TPSA) is 80.1 Å². The van der Waals surface area contributed by atoms with Gasteiger partial charge in [0.05, 0.1) is 18.1 Å². The average molecular weight is 442 g/mol. The quantitative estimate of drug-likeness (QED) is 0.500. The van der Waals surface area contributed by atoms with E-state index in [0.29, 0.717) is 31.6 Å². The number of carbonyl (C=O) groups is 2. The summed E-state index contributed by atoms with van der Waals surface area (Å²) in [4.78, 5) is 32.4. The molecule has 1 fully saturated rings. The lowest BCUT2D eigenvalue weighted by Crippen LogP contribution is -2.41. The number of nitrogens with zero attached hydrogens (tertiary/aromatic N) is 4. The highest BCUT2D eigenvalue weighted by Crippen LogP contribution is 2.25. The predicted octanol–water partition coefficient (Wildman–Crippen LogP) is 4.66. The highest BCUT2D eigenvalue weighted by atomic mass is 16.2. The molecule has 3 heterocycles. The van der Waals surface area contributed by atoms with Gasteiger partial charge in [0, 0.05) is 36.0 Å². The zero-order valence-electron chi connectivity index (χ0n) is 18.9. The van der Waals surface area contributed by atoms with Crippen LogP contribution >= 0.6 is 0 Å². The molecule has 2 aromatic heterocycles. The molecule has 0 unspecified atom stereocenters. The monoisotopic (exact) mass is 441 g/mol. The lowest BCUT2D eigenvalue weighted by Gasteiger charge is -2.31. The van der Waals surface area contributed by atoms with Crippen LogP contribution in [0.15, 0.2) is 60.9 Å². The fourth-order valence-electron chi connectivity index (χ4n) is 4.56. The van der Waals surface area contributed by atoms with Gasteiger partial charge in [-0.25, -0.2) is 9.67 Å². The van der Waals surface area contributed by atoms with Crippen LogP contribution in [0.4, 0.5) is 5.69 Å². The van der Waals surface area contributed by atoms with Crippen molar-refractivity contribution in [3.05, 3.63) is 66.5 Å². The van der Waals surface area contributed by atoms with Crippen molar-refractivity contribution in [1.29, 1.82) is 0 Å². The fraction of sp³-hybridized carbons (Fsp3) is 0.308. The van der Waals surface area contributed by atoms with Gasteiger partial charge in [-0.15, -0.1) is 0 Å². The molecule has 0 spiro atoms. The van der Waals surface area contributed by atoms with Gasteiger partial charge in [0.2, 0.25) is 5.91 Å². The second-order valence-corrected chi connectivity index (χ2v) is 8.90. The van der Waals surface area contributed by atoms with Crippen molar-refractivity contribution in [1.82, 2.24) is 19.7 Å². The Hall–Kier alpha value is -3.74. The van der Waals surface area contributed by atoms with Crippen molar-refractivity contribution in [2.75, 3.05) is 18.4 Å². The van der Waals surface area contributed by atoms with Crippen LogP contribution in [0, 0.1) is 5.92 Å². The van der Waals surface area contributed by atoms with Gasteiger partial charge in [0.25, 0.3) is 5.91 Å². The van der Waals surface area contributed by atoms with Crippen molar-refractivity contribution in [3.8, 4) is 0 Å². The van der Waals surface area contributed by atoms with Crippen LogP contribution < -0.4 is 5.32 Å².